The van der Waals surface area contributed by atoms with E-state index in [4.69, 9.17) is 0 Å². The van der Waals surface area contributed by atoms with Crippen molar-refractivity contribution in [3.05, 3.63) is 35.9 Å². The lowest BCUT2D eigenvalue weighted by Gasteiger charge is -2.33. The maximum atomic E-state index is 12.3. The maximum absolute atomic E-state index is 12.3. The molecule has 2 unspecified atom stereocenters. The van der Waals surface area contributed by atoms with Crippen LogP contribution < -0.4 is 5.32 Å². The van der Waals surface area contributed by atoms with Crippen LogP contribution in [0.4, 0.5) is 0 Å². The van der Waals surface area contributed by atoms with E-state index in [-0.39, 0.29) is 12.1 Å². The third-order valence-electron chi connectivity index (χ3n) is 4.03. The van der Waals surface area contributed by atoms with E-state index in [1.165, 1.54) is 18.4 Å². The fourth-order valence-corrected chi connectivity index (χ4v) is 3.04. The molecule has 1 aromatic rings. The van der Waals surface area contributed by atoms with Crippen LogP contribution in [0.3, 0.4) is 0 Å². The number of nitrogens with one attached hydrogen (secondary N) is 1. The van der Waals surface area contributed by atoms with Crippen LogP contribution in [0.15, 0.2) is 30.3 Å². The molecule has 1 aliphatic heterocycles. The minimum absolute atomic E-state index is 0.0529. The van der Waals surface area contributed by atoms with Crippen molar-refractivity contribution in [2.75, 3.05) is 6.54 Å². The minimum Gasteiger partial charge on any atom is -0.319 e. The summed E-state index contributed by atoms with van der Waals surface area (Å²) in [6, 6.07) is 10.7. The monoisotopic (exact) mass is 274 g/mol. The van der Waals surface area contributed by atoms with Crippen molar-refractivity contribution in [2.24, 2.45) is 0 Å². The topological polar surface area (TPSA) is 32.3 Å². The molecule has 0 aliphatic carbocycles. The molecular weight excluding hydrogens is 248 g/mol. The van der Waals surface area contributed by atoms with Crippen molar-refractivity contribution < 1.29 is 4.79 Å². The summed E-state index contributed by atoms with van der Waals surface area (Å²) in [5.74, 6) is 0.244. The van der Waals surface area contributed by atoms with Crippen LogP contribution in [0.2, 0.25) is 0 Å². The highest BCUT2D eigenvalue weighted by Crippen LogP contribution is 2.28. The molecule has 0 spiro atoms. The molecule has 0 bridgehead atoms. The zero-order valence-corrected chi connectivity index (χ0v) is 12.6. The molecule has 1 saturated heterocycles. The second-order valence-corrected chi connectivity index (χ2v) is 5.58. The van der Waals surface area contributed by atoms with Gasteiger partial charge in [-0.3, -0.25) is 10.1 Å². The predicted molar refractivity (Wildman–Crippen MR) is 82.3 cm³/mol. The van der Waals surface area contributed by atoms with Crippen molar-refractivity contribution in [1.29, 1.82) is 0 Å². The lowest BCUT2D eigenvalue weighted by molar-refractivity contribution is -0.130. The standard InChI is InChI=1S/C17H26N2O/c1-3-5-12-15(9-4-2)19-16(20)13-18-17(19)14-10-7-6-8-11-14/h6-8,10-11,15,17-18H,3-5,9,12-13H2,1-2H3. The number of carbonyl (C=O) groups excluding carboxylic acids is 1. The molecule has 2 atom stereocenters. The third kappa shape index (κ3) is 3.40. The Morgan fingerprint density at radius 3 is 2.60 bits per heavy atom. The molecular formula is C17H26N2O. The lowest BCUT2D eigenvalue weighted by Crippen LogP contribution is -2.39. The van der Waals surface area contributed by atoms with E-state index in [0.717, 1.165) is 19.3 Å². The van der Waals surface area contributed by atoms with Gasteiger partial charge < -0.3 is 4.90 Å². The molecule has 1 fully saturated rings. The van der Waals surface area contributed by atoms with Crippen molar-refractivity contribution in [3.8, 4) is 0 Å². The van der Waals surface area contributed by atoms with Gasteiger partial charge in [0.25, 0.3) is 0 Å². The Kier molecular flexibility index (Phi) is 5.60. The van der Waals surface area contributed by atoms with E-state index in [1.54, 1.807) is 0 Å². The summed E-state index contributed by atoms with van der Waals surface area (Å²) in [6.45, 7) is 4.87. The molecule has 20 heavy (non-hydrogen) atoms. The zero-order valence-electron chi connectivity index (χ0n) is 12.6. The van der Waals surface area contributed by atoms with Gasteiger partial charge in [0.2, 0.25) is 5.91 Å². The summed E-state index contributed by atoms with van der Waals surface area (Å²) in [7, 11) is 0. The maximum Gasteiger partial charge on any atom is 0.238 e. The van der Waals surface area contributed by atoms with Crippen molar-refractivity contribution in [1.82, 2.24) is 10.2 Å². The highest BCUT2D eigenvalue weighted by atomic mass is 16.2. The first-order chi connectivity index (χ1) is 9.77. The van der Waals surface area contributed by atoms with Crippen molar-refractivity contribution >= 4 is 5.91 Å². The average molecular weight is 274 g/mol. The first-order valence-corrected chi connectivity index (χ1v) is 7.87. The lowest BCUT2D eigenvalue weighted by atomic mass is 10.0. The highest BCUT2D eigenvalue weighted by molar-refractivity contribution is 5.81. The second kappa shape index (κ2) is 7.44. The van der Waals surface area contributed by atoms with Gasteiger partial charge >= 0.3 is 0 Å². The number of hydrogen-bond donors (Lipinski definition) is 1. The summed E-state index contributed by atoms with van der Waals surface area (Å²) in [5, 5.41) is 3.36. The molecule has 0 radical (unpaired) electrons. The van der Waals surface area contributed by atoms with Gasteiger partial charge in [0, 0.05) is 6.04 Å². The summed E-state index contributed by atoms with van der Waals surface area (Å²) in [5.41, 5.74) is 1.19. The molecule has 1 amide bonds. The Morgan fingerprint density at radius 2 is 1.95 bits per heavy atom. The molecule has 1 heterocycles. The smallest absolute Gasteiger partial charge is 0.238 e. The minimum atomic E-state index is 0.0529. The molecule has 3 heteroatoms. The Balaban J connectivity index is 2.17. The van der Waals surface area contributed by atoms with Crippen molar-refractivity contribution in [3.63, 3.8) is 0 Å². The molecule has 0 aromatic heterocycles. The van der Waals surface area contributed by atoms with Gasteiger partial charge in [-0.1, -0.05) is 63.4 Å². The molecule has 3 nitrogen and oxygen atoms in total. The largest absolute Gasteiger partial charge is 0.319 e. The average Bonchev–Trinajstić information content (AvgIpc) is 2.86. The first-order valence-electron chi connectivity index (χ1n) is 7.87. The SMILES string of the molecule is CCCCC(CCC)N1C(=O)CNC1c1ccccc1. The van der Waals surface area contributed by atoms with Crippen LogP contribution in [0.5, 0.6) is 0 Å². The molecule has 2 rings (SSSR count). The summed E-state index contributed by atoms with van der Waals surface area (Å²) >= 11 is 0. The summed E-state index contributed by atoms with van der Waals surface area (Å²) < 4.78 is 0. The Hall–Kier alpha value is -1.35. The second-order valence-electron chi connectivity index (χ2n) is 5.58. The van der Waals surface area contributed by atoms with E-state index in [0.29, 0.717) is 12.6 Å². The van der Waals surface area contributed by atoms with Crippen LogP contribution in [-0.4, -0.2) is 23.4 Å². The van der Waals surface area contributed by atoms with E-state index in [2.05, 4.69) is 36.2 Å². The van der Waals surface area contributed by atoms with Gasteiger partial charge in [-0.25, -0.2) is 0 Å². The van der Waals surface area contributed by atoms with E-state index < -0.39 is 0 Å². The van der Waals surface area contributed by atoms with Gasteiger partial charge in [-0.15, -0.1) is 0 Å². The Morgan fingerprint density at radius 1 is 1.20 bits per heavy atom. The number of carbonyl (C=O) groups is 1. The number of nitrogens with zero attached hydrogens (tertiary/aromatic N) is 1. The van der Waals surface area contributed by atoms with Gasteiger partial charge in [0.15, 0.2) is 0 Å². The number of unbranched alkanes of at least 4 members (excludes halogenated alkanes) is 1. The Bertz CT molecular complexity index is 418. The van der Waals surface area contributed by atoms with Crippen LogP contribution in [0.1, 0.15) is 57.7 Å². The fraction of sp³-hybridized carbons (Fsp3) is 0.588. The van der Waals surface area contributed by atoms with E-state index in [1.807, 2.05) is 18.2 Å². The van der Waals surface area contributed by atoms with Gasteiger partial charge in [-0.05, 0) is 18.4 Å². The number of amides is 1. The van der Waals surface area contributed by atoms with Crippen LogP contribution >= 0.6 is 0 Å². The van der Waals surface area contributed by atoms with Crippen LogP contribution in [-0.2, 0) is 4.79 Å². The van der Waals surface area contributed by atoms with Crippen LogP contribution in [0.25, 0.3) is 0 Å². The molecule has 1 aromatic carbocycles. The number of benzene rings is 1. The highest BCUT2D eigenvalue weighted by Gasteiger charge is 2.35. The zero-order chi connectivity index (χ0) is 14.4. The number of rotatable bonds is 7. The van der Waals surface area contributed by atoms with Crippen molar-refractivity contribution in [2.45, 2.75) is 58.2 Å². The molecule has 0 saturated carbocycles. The number of hydrogen-bond acceptors (Lipinski definition) is 2. The predicted octanol–water partition coefficient (Wildman–Crippen LogP) is 3.48. The van der Waals surface area contributed by atoms with Gasteiger partial charge in [0.05, 0.1) is 6.54 Å². The fourth-order valence-electron chi connectivity index (χ4n) is 3.04. The summed E-state index contributed by atoms with van der Waals surface area (Å²) in [6.07, 6.45) is 5.76. The van der Waals surface area contributed by atoms with Gasteiger partial charge in [-0.2, -0.15) is 0 Å². The van der Waals surface area contributed by atoms with Gasteiger partial charge in [0.1, 0.15) is 6.17 Å². The normalized spacial score (nSPS) is 20.4. The van der Waals surface area contributed by atoms with Crippen LogP contribution in [0, 0.1) is 0 Å². The Labute approximate surface area is 122 Å². The molecule has 1 aliphatic rings. The molecule has 1 N–H and O–H groups in total. The third-order valence-corrected chi connectivity index (χ3v) is 4.03. The molecule has 110 valence electrons. The summed E-state index contributed by atoms with van der Waals surface area (Å²) in [4.78, 5) is 14.4. The van der Waals surface area contributed by atoms with E-state index >= 15 is 0 Å². The van der Waals surface area contributed by atoms with E-state index in [9.17, 15) is 4.79 Å². The quantitative estimate of drug-likeness (QED) is 0.825. The first kappa shape index (κ1) is 15.0.